The number of carbonyl (C=O) groups excluding carboxylic acids is 2. The summed E-state index contributed by atoms with van der Waals surface area (Å²) in [7, 11) is 0. The van der Waals surface area contributed by atoms with E-state index in [9.17, 15) is 19.8 Å². The number of nitrogens with one attached hydrogen (secondary N) is 2. The highest BCUT2D eigenvalue weighted by molar-refractivity contribution is 5.95. The third kappa shape index (κ3) is 5.35. The first kappa shape index (κ1) is 19.9. The first-order valence-electron chi connectivity index (χ1n) is 9.15. The number of amides is 2. The van der Waals surface area contributed by atoms with E-state index in [1.807, 2.05) is 30.3 Å². The maximum Gasteiger partial charge on any atom is 0.273 e. The van der Waals surface area contributed by atoms with Gasteiger partial charge < -0.3 is 25.4 Å². The number of hydrogen-bond donors (Lipinski definition) is 4. The normalized spacial score (nSPS) is 10.5. The lowest BCUT2D eigenvalue weighted by molar-refractivity contribution is 0.0934. The van der Waals surface area contributed by atoms with Crippen LogP contribution in [0.2, 0.25) is 0 Å². The molecule has 8 nitrogen and oxygen atoms in total. The number of aromatic hydroxyl groups is 2. The maximum absolute atomic E-state index is 12.1. The van der Waals surface area contributed by atoms with Crippen LogP contribution in [0.1, 0.15) is 33.7 Å². The van der Waals surface area contributed by atoms with Gasteiger partial charge in [-0.15, -0.1) is 0 Å². The van der Waals surface area contributed by atoms with Gasteiger partial charge in [0.05, 0.1) is 0 Å². The summed E-state index contributed by atoms with van der Waals surface area (Å²) in [6.07, 6.45) is 1.32. The largest absolute Gasteiger partial charge is 0.504 e. The maximum atomic E-state index is 12.1. The second-order valence-electron chi connectivity index (χ2n) is 6.36. The second kappa shape index (κ2) is 9.41. The van der Waals surface area contributed by atoms with Crippen molar-refractivity contribution >= 4 is 11.8 Å². The molecule has 150 valence electrons. The third-order valence-electron chi connectivity index (χ3n) is 4.21. The first-order chi connectivity index (χ1) is 14.0. The van der Waals surface area contributed by atoms with E-state index in [1.165, 1.54) is 18.2 Å². The molecule has 8 heteroatoms. The Bertz CT molecular complexity index is 985. The van der Waals surface area contributed by atoms with Crippen molar-refractivity contribution in [1.29, 1.82) is 0 Å². The third-order valence-corrected chi connectivity index (χ3v) is 4.21. The summed E-state index contributed by atoms with van der Waals surface area (Å²) >= 11 is 0. The molecule has 0 aliphatic rings. The molecule has 1 heterocycles. The Morgan fingerprint density at radius 3 is 2.24 bits per heavy atom. The fraction of sp³-hybridized carbons (Fsp3) is 0.190. The number of nitrogens with zero attached hydrogens (tertiary/aromatic N) is 1. The lowest BCUT2D eigenvalue weighted by Crippen LogP contribution is -2.27. The van der Waals surface area contributed by atoms with Crippen LogP contribution in [0.3, 0.4) is 0 Å². The molecule has 0 saturated heterocycles. The number of rotatable bonds is 8. The Morgan fingerprint density at radius 2 is 1.55 bits per heavy atom. The van der Waals surface area contributed by atoms with Crippen LogP contribution in [0.25, 0.3) is 11.3 Å². The lowest BCUT2D eigenvalue weighted by Gasteiger charge is -2.07. The van der Waals surface area contributed by atoms with Gasteiger partial charge in [0, 0.05) is 30.3 Å². The van der Waals surface area contributed by atoms with Crippen LogP contribution in [-0.4, -0.2) is 40.3 Å². The molecule has 3 aromatic rings. The minimum absolute atomic E-state index is 0.212. The molecule has 0 saturated carbocycles. The van der Waals surface area contributed by atoms with Crippen LogP contribution < -0.4 is 10.6 Å². The molecule has 0 aliphatic heterocycles. The van der Waals surface area contributed by atoms with E-state index in [-0.39, 0.29) is 34.6 Å². The Balaban J connectivity index is 1.36. The Morgan fingerprint density at radius 1 is 0.862 bits per heavy atom. The number of phenols is 2. The Labute approximate surface area is 167 Å². The molecule has 2 aromatic carbocycles. The Kier molecular flexibility index (Phi) is 6.47. The number of hydrogen-bond acceptors (Lipinski definition) is 6. The van der Waals surface area contributed by atoms with Crippen molar-refractivity contribution < 1.29 is 24.3 Å². The number of carbonyl (C=O) groups is 2. The second-order valence-corrected chi connectivity index (χ2v) is 6.36. The quantitative estimate of drug-likeness (QED) is 0.343. The van der Waals surface area contributed by atoms with Gasteiger partial charge in [0.25, 0.3) is 11.8 Å². The van der Waals surface area contributed by atoms with Gasteiger partial charge >= 0.3 is 0 Å². The highest BCUT2D eigenvalue weighted by atomic mass is 16.5. The van der Waals surface area contributed by atoms with Crippen LogP contribution in [0, 0.1) is 0 Å². The van der Waals surface area contributed by atoms with E-state index in [1.54, 1.807) is 6.07 Å². The topological polar surface area (TPSA) is 125 Å². The molecule has 0 fully saturated rings. The van der Waals surface area contributed by atoms with E-state index < -0.39 is 0 Å². The summed E-state index contributed by atoms with van der Waals surface area (Å²) in [5.74, 6) is -0.762. The van der Waals surface area contributed by atoms with Gasteiger partial charge in [-0.3, -0.25) is 9.59 Å². The van der Waals surface area contributed by atoms with Crippen molar-refractivity contribution in [2.45, 2.75) is 12.8 Å². The molecule has 0 unspecified atom stereocenters. The summed E-state index contributed by atoms with van der Waals surface area (Å²) in [6.45, 7) is 0.848. The number of unbranched alkanes of at least 4 members (excludes halogenated alkanes) is 1. The standard InChI is InChI=1S/C21H21N3O5/c25-17-9-8-15(12-18(17)26)20(27)22-10-4-5-11-23-21(28)16-13-19(29-24-16)14-6-2-1-3-7-14/h1-3,6-9,12-13,25-26H,4-5,10-11H2,(H,22,27)(H,23,28). The van der Waals surface area contributed by atoms with Gasteiger partial charge in [-0.05, 0) is 31.0 Å². The van der Waals surface area contributed by atoms with Crippen LogP contribution in [-0.2, 0) is 0 Å². The molecule has 0 atom stereocenters. The molecule has 4 N–H and O–H groups in total. The van der Waals surface area contributed by atoms with Gasteiger partial charge in [-0.25, -0.2) is 0 Å². The zero-order chi connectivity index (χ0) is 20.6. The molecule has 29 heavy (non-hydrogen) atoms. The summed E-state index contributed by atoms with van der Waals surface area (Å²) in [5.41, 5.74) is 1.31. The minimum Gasteiger partial charge on any atom is -0.504 e. The number of aromatic nitrogens is 1. The Hall–Kier alpha value is -3.81. The average molecular weight is 395 g/mol. The van der Waals surface area contributed by atoms with Gasteiger partial charge in [0.15, 0.2) is 23.0 Å². The van der Waals surface area contributed by atoms with Gasteiger partial charge in [-0.2, -0.15) is 0 Å². The van der Waals surface area contributed by atoms with Crippen molar-refractivity contribution in [1.82, 2.24) is 15.8 Å². The number of benzene rings is 2. The van der Waals surface area contributed by atoms with Gasteiger partial charge in [0.2, 0.25) is 0 Å². The molecule has 3 rings (SSSR count). The molecule has 0 bridgehead atoms. The van der Waals surface area contributed by atoms with Crippen molar-refractivity contribution in [2.24, 2.45) is 0 Å². The summed E-state index contributed by atoms with van der Waals surface area (Å²) in [6, 6.07) is 14.9. The number of phenolic OH excluding ortho intramolecular Hbond substituents is 2. The monoisotopic (exact) mass is 395 g/mol. The molecule has 2 amide bonds. The van der Waals surface area contributed by atoms with Crippen LogP contribution in [0.15, 0.2) is 59.1 Å². The van der Waals surface area contributed by atoms with E-state index in [0.29, 0.717) is 31.7 Å². The van der Waals surface area contributed by atoms with Crippen LogP contribution >= 0.6 is 0 Å². The van der Waals surface area contributed by atoms with Crippen molar-refractivity contribution in [3.63, 3.8) is 0 Å². The summed E-state index contributed by atoms with van der Waals surface area (Å²) in [4.78, 5) is 24.1. The molecular formula is C21H21N3O5. The van der Waals surface area contributed by atoms with Crippen molar-refractivity contribution in [2.75, 3.05) is 13.1 Å². The smallest absolute Gasteiger partial charge is 0.273 e. The van der Waals surface area contributed by atoms with E-state index in [2.05, 4.69) is 15.8 Å². The first-order valence-corrected chi connectivity index (χ1v) is 9.15. The molecular weight excluding hydrogens is 374 g/mol. The van der Waals surface area contributed by atoms with Gasteiger partial charge in [0.1, 0.15) is 0 Å². The van der Waals surface area contributed by atoms with Crippen molar-refractivity contribution in [3.8, 4) is 22.8 Å². The molecule has 0 aliphatic carbocycles. The van der Waals surface area contributed by atoms with E-state index >= 15 is 0 Å². The molecule has 0 radical (unpaired) electrons. The fourth-order valence-electron chi connectivity index (χ4n) is 2.63. The van der Waals surface area contributed by atoms with Crippen LogP contribution in [0.4, 0.5) is 0 Å². The zero-order valence-corrected chi connectivity index (χ0v) is 15.6. The van der Waals surface area contributed by atoms with Crippen LogP contribution in [0.5, 0.6) is 11.5 Å². The molecule has 1 aromatic heterocycles. The predicted octanol–water partition coefficient (Wildman–Crippen LogP) is 2.69. The molecule has 0 spiro atoms. The average Bonchev–Trinajstić information content (AvgIpc) is 3.23. The van der Waals surface area contributed by atoms with Crippen molar-refractivity contribution in [3.05, 3.63) is 65.9 Å². The lowest BCUT2D eigenvalue weighted by atomic mass is 10.1. The summed E-state index contributed by atoms with van der Waals surface area (Å²) < 4.78 is 5.21. The minimum atomic E-state index is -0.347. The SMILES string of the molecule is O=C(NCCCCNC(=O)c1cc(-c2ccccc2)on1)c1ccc(O)c(O)c1. The predicted molar refractivity (Wildman–Crippen MR) is 106 cm³/mol. The highest BCUT2D eigenvalue weighted by Gasteiger charge is 2.13. The van der Waals surface area contributed by atoms with Gasteiger partial charge in [-0.1, -0.05) is 35.5 Å². The van der Waals surface area contributed by atoms with E-state index in [4.69, 9.17) is 4.52 Å². The highest BCUT2D eigenvalue weighted by Crippen LogP contribution is 2.24. The fourth-order valence-corrected chi connectivity index (χ4v) is 2.63. The zero-order valence-electron chi connectivity index (χ0n) is 15.6. The van der Waals surface area contributed by atoms with E-state index in [0.717, 1.165) is 5.56 Å². The summed E-state index contributed by atoms with van der Waals surface area (Å²) in [5, 5.41) is 28.0.